The Balaban J connectivity index is 0. The molecule has 0 amide bonds. The Kier molecular flexibility index (Phi) is 16.0. The first-order valence-electron chi connectivity index (χ1n) is 5.08. The summed E-state index contributed by atoms with van der Waals surface area (Å²) in [5.41, 5.74) is 1.30. The summed E-state index contributed by atoms with van der Waals surface area (Å²) >= 11 is 0. The molecular formula is C13H18WY-2. The number of rotatable bonds is 1. The van der Waals surface area contributed by atoms with Crippen molar-refractivity contribution in [2.45, 2.75) is 32.1 Å². The molecule has 81 valence electrons. The van der Waals surface area contributed by atoms with Crippen molar-refractivity contribution in [1.82, 2.24) is 0 Å². The fourth-order valence-corrected chi connectivity index (χ4v) is 1.37. The molecule has 0 N–H and O–H groups in total. The summed E-state index contributed by atoms with van der Waals surface area (Å²) in [5.74, 6) is 0. The third-order valence-electron chi connectivity index (χ3n) is 2.20. The van der Waals surface area contributed by atoms with Gasteiger partial charge in [-0.05, 0) is 0 Å². The summed E-state index contributed by atoms with van der Waals surface area (Å²) in [7, 11) is 0. The first-order chi connectivity index (χ1) is 6.43. The first kappa shape index (κ1) is 18.4. The maximum Gasteiger partial charge on any atom is 0 e. The van der Waals surface area contributed by atoms with Crippen LogP contribution in [-0.2, 0) is 60.2 Å². The summed E-state index contributed by atoms with van der Waals surface area (Å²) in [6.45, 7) is 3.76. The van der Waals surface area contributed by atoms with Crippen molar-refractivity contribution in [2.24, 2.45) is 0 Å². The average molecular weight is 447 g/mol. The van der Waals surface area contributed by atoms with Gasteiger partial charge in [0.2, 0.25) is 0 Å². The van der Waals surface area contributed by atoms with E-state index in [1.54, 1.807) is 0 Å². The van der Waals surface area contributed by atoms with E-state index in [-0.39, 0.29) is 53.8 Å². The van der Waals surface area contributed by atoms with Crippen molar-refractivity contribution in [2.75, 3.05) is 0 Å². The zero-order valence-corrected chi connectivity index (χ0v) is 15.0. The van der Waals surface area contributed by atoms with Crippen molar-refractivity contribution in [3.63, 3.8) is 0 Å². The van der Waals surface area contributed by atoms with Crippen molar-refractivity contribution in [3.05, 3.63) is 49.2 Å². The molecule has 1 fully saturated rings. The Bertz CT molecular complexity index is 199. The van der Waals surface area contributed by atoms with Crippen LogP contribution in [0.3, 0.4) is 0 Å². The van der Waals surface area contributed by atoms with Gasteiger partial charge in [0.25, 0.3) is 0 Å². The molecule has 2 rings (SSSR count). The van der Waals surface area contributed by atoms with E-state index in [0.29, 0.717) is 0 Å². The summed E-state index contributed by atoms with van der Waals surface area (Å²) in [4.78, 5) is 0. The molecule has 1 aliphatic rings. The van der Waals surface area contributed by atoms with Crippen LogP contribution in [-0.4, -0.2) is 0 Å². The summed E-state index contributed by atoms with van der Waals surface area (Å²) in [6.07, 6.45) is 8.89. The third-order valence-corrected chi connectivity index (χ3v) is 2.20. The minimum Gasteiger partial charge on any atom is -0.339 e. The van der Waals surface area contributed by atoms with Crippen LogP contribution in [0.4, 0.5) is 0 Å². The molecule has 2 heteroatoms. The average Bonchev–Trinajstić information content (AvgIpc) is 2.77. The first-order valence-corrected chi connectivity index (χ1v) is 5.08. The van der Waals surface area contributed by atoms with Crippen molar-refractivity contribution in [1.29, 1.82) is 0 Å². The molecule has 0 aliphatic heterocycles. The zero-order chi connectivity index (χ0) is 9.36. The molecule has 0 unspecified atom stereocenters. The van der Waals surface area contributed by atoms with Gasteiger partial charge in [0.1, 0.15) is 0 Å². The molecule has 0 bridgehead atoms. The van der Waals surface area contributed by atoms with Crippen LogP contribution in [0.15, 0.2) is 30.3 Å². The van der Waals surface area contributed by atoms with E-state index in [9.17, 15) is 0 Å². The molecule has 1 radical (unpaired) electrons. The normalized spacial score (nSPS) is 12.9. The van der Waals surface area contributed by atoms with Crippen molar-refractivity contribution in [3.8, 4) is 0 Å². The predicted molar refractivity (Wildman–Crippen MR) is 58.3 cm³/mol. The Morgan fingerprint density at radius 2 is 1.60 bits per heavy atom. The Labute approximate surface area is 134 Å². The van der Waals surface area contributed by atoms with Crippen molar-refractivity contribution < 1.29 is 53.8 Å². The van der Waals surface area contributed by atoms with E-state index >= 15 is 0 Å². The van der Waals surface area contributed by atoms with Gasteiger partial charge in [0.15, 0.2) is 0 Å². The quantitative estimate of drug-likeness (QED) is 0.575. The fourth-order valence-electron chi connectivity index (χ4n) is 1.37. The third kappa shape index (κ3) is 9.91. The van der Waals surface area contributed by atoms with Gasteiger partial charge in [0, 0.05) is 53.8 Å². The second-order valence-electron chi connectivity index (χ2n) is 3.31. The van der Waals surface area contributed by atoms with Gasteiger partial charge in [-0.3, -0.25) is 0 Å². The van der Waals surface area contributed by atoms with Crippen LogP contribution in [0.2, 0.25) is 0 Å². The van der Waals surface area contributed by atoms with Gasteiger partial charge >= 0.3 is 0 Å². The second-order valence-corrected chi connectivity index (χ2v) is 3.31. The SMILES string of the molecule is [CH-]1CCCC1.[CH2-]Cc1ccccc1.[W].[Y]. The molecule has 0 heterocycles. The van der Waals surface area contributed by atoms with Crippen LogP contribution in [0.25, 0.3) is 0 Å². The van der Waals surface area contributed by atoms with E-state index in [2.05, 4.69) is 25.5 Å². The molecule has 0 atom stereocenters. The number of benzene rings is 1. The van der Waals surface area contributed by atoms with Gasteiger partial charge in [-0.2, -0.15) is 19.3 Å². The smallest absolute Gasteiger partial charge is 0 e. The van der Waals surface area contributed by atoms with Crippen LogP contribution >= 0.6 is 0 Å². The maximum absolute atomic E-state index is 3.76. The number of hydrogen-bond donors (Lipinski definition) is 0. The number of hydrogen-bond acceptors (Lipinski definition) is 0. The van der Waals surface area contributed by atoms with Gasteiger partial charge < -0.3 is 13.3 Å². The monoisotopic (exact) mass is 447 g/mol. The largest absolute Gasteiger partial charge is 0.339 e. The van der Waals surface area contributed by atoms with Gasteiger partial charge in [-0.1, -0.05) is 48.7 Å². The van der Waals surface area contributed by atoms with Crippen LogP contribution in [0.5, 0.6) is 0 Å². The zero-order valence-electron chi connectivity index (χ0n) is 9.19. The minimum absolute atomic E-state index is 0. The maximum atomic E-state index is 3.76. The predicted octanol–water partition coefficient (Wildman–Crippen LogP) is 3.82. The van der Waals surface area contributed by atoms with E-state index in [0.717, 1.165) is 6.42 Å². The Morgan fingerprint density at radius 1 is 1.07 bits per heavy atom. The molecule has 1 aromatic carbocycles. The Morgan fingerprint density at radius 3 is 1.87 bits per heavy atom. The van der Waals surface area contributed by atoms with Gasteiger partial charge in [0.05, 0.1) is 0 Å². The molecular weight excluding hydrogens is 429 g/mol. The van der Waals surface area contributed by atoms with Crippen LogP contribution in [0, 0.1) is 13.3 Å². The fraction of sp³-hybridized carbons (Fsp3) is 0.385. The second kappa shape index (κ2) is 13.1. The topological polar surface area (TPSA) is 0 Å². The van der Waals surface area contributed by atoms with E-state index in [1.165, 1.54) is 31.2 Å². The van der Waals surface area contributed by atoms with E-state index in [4.69, 9.17) is 0 Å². The minimum atomic E-state index is 0. The molecule has 1 saturated carbocycles. The molecule has 0 aromatic heterocycles. The molecule has 0 spiro atoms. The molecule has 15 heavy (non-hydrogen) atoms. The molecule has 0 nitrogen and oxygen atoms in total. The summed E-state index contributed by atoms with van der Waals surface area (Å²) in [5, 5.41) is 0. The van der Waals surface area contributed by atoms with Crippen LogP contribution < -0.4 is 0 Å². The van der Waals surface area contributed by atoms with E-state index in [1.807, 2.05) is 18.2 Å². The van der Waals surface area contributed by atoms with E-state index < -0.39 is 0 Å². The summed E-state index contributed by atoms with van der Waals surface area (Å²) in [6, 6.07) is 10.2. The van der Waals surface area contributed by atoms with Crippen molar-refractivity contribution >= 4 is 0 Å². The van der Waals surface area contributed by atoms with Gasteiger partial charge in [-0.15, -0.1) is 0 Å². The Hall–Kier alpha value is 1.01. The molecule has 1 aromatic rings. The summed E-state index contributed by atoms with van der Waals surface area (Å²) < 4.78 is 0. The molecule has 1 aliphatic carbocycles. The van der Waals surface area contributed by atoms with Gasteiger partial charge in [-0.25, -0.2) is 0 Å². The molecule has 0 saturated heterocycles. The standard InChI is InChI=1S/C8H9.C5H9.W.Y/c1-2-8-6-4-3-5-7-8;1-2-4-5-3-1;;/h3-7H,1-2H2;1H,2-5H2;;/q2*-1;;. The van der Waals surface area contributed by atoms with Crippen LogP contribution in [0.1, 0.15) is 31.2 Å².